The summed E-state index contributed by atoms with van der Waals surface area (Å²) in [5.41, 5.74) is 0.908. The van der Waals surface area contributed by atoms with Gasteiger partial charge in [-0.25, -0.2) is 18.0 Å². The lowest BCUT2D eigenvalue weighted by Gasteiger charge is -2.10. The van der Waals surface area contributed by atoms with Gasteiger partial charge in [0, 0.05) is 17.2 Å². The van der Waals surface area contributed by atoms with Crippen LogP contribution in [0.4, 0.5) is 13.2 Å². The van der Waals surface area contributed by atoms with Crippen molar-refractivity contribution in [2.75, 3.05) is 7.11 Å². The molecule has 0 fully saturated rings. The number of halogens is 3. The molecule has 0 aliphatic carbocycles. The first kappa shape index (κ1) is 21.2. The molecule has 4 rings (SSSR count). The van der Waals surface area contributed by atoms with Crippen LogP contribution in [0.5, 0.6) is 11.5 Å². The monoisotopic (exact) mass is 434 g/mol. The Morgan fingerprint density at radius 2 is 1.31 bits per heavy atom. The Hall–Kier alpha value is -4.06. The number of hydrogen-bond acceptors (Lipinski definition) is 3. The summed E-state index contributed by atoms with van der Waals surface area (Å²) >= 11 is 0. The summed E-state index contributed by atoms with van der Waals surface area (Å²) in [6.45, 7) is 0. The predicted octanol–water partition coefficient (Wildman–Crippen LogP) is 6.67. The summed E-state index contributed by atoms with van der Waals surface area (Å²) in [5.74, 6) is -3.41. The molecular formula is C26H17F3O3. The second-order valence-corrected chi connectivity index (χ2v) is 6.91. The zero-order chi connectivity index (χ0) is 22.7. The zero-order valence-corrected chi connectivity index (χ0v) is 16.9. The Kier molecular flexibility index (Phi) is 5.94. The average molecular weight is 434 g/mol. The van der Waals surface area contributed by atoms with Crippen molar-refractivity contribution in [2.24, 2.45) is 0 Å². The molecule has 0 aliphatic heterocycles. The van der Waals surface area contributed by atoms with E-state index in [0.29, 0.717) is 22.4 Å². The number of esters is 1. The zero-order valence-electron chi connectivity index (χ0n) is 16.9. The van der Waals surface area contributed by atoms with Gasteiger partial charge in [0.1, 0.15) is 17.3 Å². The van der Waals surface area contributed by atoms with E-state index in [-0.39, 0.29) is 11.3 Å². The summed E-state index contributed by atoms with van der Waals surface area (Å²) < 4.78 is 53.5. The molecule has 4 aromatic rings. The molecule has 3 nitrogen and oxygen atoms in total. The SMILES string of the molecule is COc1ccc(-c2ccc(OC(=O)c3ccc(-c4ccccc4)c(F)c3F)cc2)c(F)c1. The summed E-state index contributed by atoms with van der Waals surface area (Å²) in [6.07, 6.45) is 0. The Bertz CT molecular complexity index is 1270. The summed E-state index contributed by atoms with van der Waals surface area (Å²) in [7, 11) is 1.45. The van der Waals surface area contributed by atoms with E-state index in [4.69, 9.17) is 9.47 Å². The lowest BCUT2D eigenvalue weighted by molar-refractivity contribution is 0.0728. The molecule has 0 unspecified atom stereocenters. The molecule has 0 saturated carbocycles. The Labute approximate surface area is 182 Å². The van der Waals surface area contributed by atoms with E-state index in [9.17, 15) is 18.0 Å². The first-order valence-electron chi connectivity index (χ1n) is 9.67. The largest absolute Gasteiger partial charge is 0.497 e. The third-order valence-electron chi connectivity index (χ3n) is 4.94. The summed E-state index contributed by atoms with van der Waals surface area (Å²) in [4.78, 5) is 12.4. The van der Waals surface area contributed by atoms with Gasteiger partial charge in [-0.3, -0.25) is 0 Å². The fourth-order valence-electron chi connectivity index (χ4n) is 3.27. The molecule has 0 N–H and O–H groups in total. The number of carbonyl (C=O) groups is 1. The van der Waals surface area contributed by atoms with E-state index >= 15 is 0 Å². The molecule has 0 saturated heterocycles. The van der Waals surface area contributed by atoms with Crippen molar-refractivity contribution in [3.63, 3.8) is 0 Å². The molecule has 0 aliphatic rings. The van der Waals surface area contributed by atoms with Crippen LogP contribution in [-0.4, -0.2) is 13.1 Å². The van der Waals surface area contributed by atoms with Gasteiger partial charge in [-0.15, -0.1) is 0 Å². The van der Waals surface area contributed by atoms with Crippen LogP contribution in [0.3, 0.4) is 0 Å². The predicted molar refractivity (Wildman–Crippen MR) is 115 cm³/mol. The van der Waals surface area contributed by atoms with E-state index in [2.05, 4.69) is 0 Å². The molecule has 4 aromatic carbocycles. The van der Waals surface area contributed by atoms with Crippen molar-refractivity contribution in [3.05, 3.63) is 108 Å². The van der Waals surface area contributed by atoms with Gasteiger partial charge in [-0.1, -0.05) is 48.5 Å². The van der Waals surface area contributed by atoms with E-state index in [1.807, 2.05) is 0 Å². The highest BCUT2D eigenvalue weighted by molar-refractivity contribution is 5.92. The number of ether oxygens (including phenoxy) is 2. The Morgan fingerprint density at radius 1 is 0.688 bits per heavy atom. The van der Waals surface area contributed by atoms with Gasteiger partial charge < -0.3 is 9.47 Å². The van der Waals surface area contributed by atoms with Gasteiger partial charge in [0.05, 0.1) is 12.7 Å². The first-order chi connectivity index (χ1) is 15.5. The van der Waals surface area contributed by atoms with Crippen molar-refractivity contribution in [2.45, 2.75) is 0 Å². The van der Waals surface area contributed by atoms with Gasteiger partial charge in [0.2, 0.25) is 0 Å². The third-order valence-corrected chi connectivity index (χ3v) is 4.94. The second-order valence-electron chi connectivity index (χ2n) is 6.91. The molecular weight excluding hydrogens is 417 g/mol. The highest BCUT2D eigenvalue weighted by atomic mass is 19.2. The van der Waals surface area contributed by atoms with E-state index in [0.717, 1.165) is 0 Å². The van der Waals surface area contributed by atoms with E-state index in [1.165, 1.54) is 37.4 Å². The van der Waals surface area contributed by atoms with Crippen LogP contribution in [-0.2, 0) is 0 Å². The first-order valence-corrected chi connectivity index (χ1v) is 9.67. The molecule has 0 spiro atoms. The van der Waals surface area contributed by atoms with Crippen molar-refractivity contribution in [1.29, 1.82) is 0 Å². The minimum atomic E-state index is -1.28. The maximum atomic E-state index is 14.6. The van der Waals surface area contributed by atoms with Crippen LogP contribution in [0.2, 0.25) is 0 Å². The van der Waals surface area contributed by atoms with Crippen molar-refractivity contribution < 1.29 is 27.4 Å². The Balaban J connectivity index is 1.54. The van der Waals surface area contributed by atoms with E-state index in [1.54, 1.807) is 54.6 Å². The molecule has 0 amide bonds. The van der Waals surface area contributed by atoms with E-state index < -0.39 is 29.0 Å². The second kappa shape index (κ2) is 8.98. The molecule has 160 valence electrons. The van der Waals surface area contributed by atoms with Crippen LogP contribution in [0.25, 0.3) is 22.3 Å². The van der Waals surface area contributed by atoms with Crippen molar-refractivity contribution >= 4 is 5.97 Å². The third kappa shape index (κ3) is 4.21. The number of hydrogen-bond donors (Lipinski definition) is 0. The van der Waals surface area contributed by atoms with Crippen molar-refractivity contribution in [1.82, 2.24) is 0 Å². The number of benzene rings is 4. The van der Waals surface area contributed by atoms with Crippen LogP contribution in [0.15, 0.2) is 84.9 Å². The number of methoxy groups -OCH3 is 1. The quantitative estimate of drug-likeness (QED) is 0.260. The lowest BCUT2D eigenvalue weighted by Crippen LogP contribution is -2.12. The minimum Gasteiger partial charge on any atom is -0.497 e. The molecule has 0 aromatic heterocycles. The highest BCUT2D eigenvalue weighted by Crippen LogP contribution is 2.29. The average Bonchev–Trinajstić information content (AvgIpc) is 2.82. The lowest BCUT2D eigenvalue weighted by atomic mass is 10.0. The maximum Gasteiger partial charge on any atom is 0.346 e. The van der Waals surface area contributed by atoms with Gasteiger partial charge in [-0.05, 0) is 41.5 Å². The summed E-state index contributed by atoms with van der Waals surface area (Å²) in [5, 5.41) is 0. The molecule has 0 atom stereocenters. The Morgan fingerprint density at radius 3 is 1.97 bits per heavy atom. The van der Waals surface area contributed by atoms with Gasteiger partial charge >= 0.3 is 5.97 Å². The fourth-order valence-corrected chi connectivity index (χ4v) is 3.27. The van der Waals surface area contributed by atoms with Gasteiger partial charge in [0.15, 0.2) is 11.6 Å². The molecule has 0 heterocycles. The molecule has 0 radical (unpaired) electrons. The normalized spacial score (nSPS) is 10.6. The molecule has 0 bridgehead atoms. The van der Waals surface area contributed by atoms with Crippen LogP contribution < -0.4 is 9.47 Å². The van der Waals surface area contributed by atoms with Crippen LogP contribution in [0.1, 0.15) is 10.4 Å². The molecule has 6 heteroatoms. The van der Waals surface area contributed by atoms with Crippen molar-refractivity contribution in [3.8, 4) is 33.8 Å². The highest BCUT2D eigenvalue weighted by Gasteiger charge is 2.21. The van der Waals surface area contributed by atoms with Crippen LogP contribution >= 0.6 is 0 Å². The number of rotatable bonds is 5. The topological polar surface area (TPSA) is 35.5 Å². The fraction of sp³-hybridized carbons (Fsp3) is 0.0385. The summed E-state index contributed by atoms with van der Waals surface area (Å²) in [6, 6.07) is 21.4. The number of carbonyl (C=O) groups excluding carboxylic acids is 1. The van der Waals surface area contributed by atoms with Gasteiger partial charge in [0.25, 0.3) is 0 Å². The minimum absolute atomic E-state index is 0.0468. The van der Waals surface area contributed by atoms with Gasteiger partial charge in [-0.2, -0.15) is 0 Å². The maximum absolute atomic E-state index is 14.6. The smallest absolute Gasteiger partial charge is 0.346 e. The standard InChI is InChI=1S/C26H17F3O3/c1-31-19-11-12-20(23(27)15-19)17-7-9-18(10-8-17)32-26(30)22-14-13-21(24(28)25(22)29)16-5-3-2-4-6-16/h2-15H,1H3. The van der Waals surface area contributed by atoms with Crippen LogP contribution in [0, 0.1) is 17.5 Å². The molecule has 32 heavy (non-hydrogen) atoms.